The molecule has 18 heavy (non-hydrogen) atoms. The summed E-state index contributed by atoms with van der Waals surface area (Å²) >= 11 is 0. The summed E-state index contributed by atoms with van der Waals surface area (Å²) in [6, 6.07) is 5.12. The number of benzene rings is 1. The van der Waals surface area contributed by atoms with Crippen LogP contribution < -0.4 is 21.1 Å². The van der Waals surface area contributed by atoms with Crippen LogP contribution in [0.1, 0.15) is 20.8 Å². The zero-order valence-corrected chi connectivity index (χ0v) is 11.3. The maximum atomic E-state index is 11.4. The molecule has 1 unspecified atom stereocenters. The largest absolute Gasteiger partial charge is 0.489 e. The van der Waals surface area contributed by atoms with E-state index in [0.29, 0.717) is 17.1 Å². The summed E-state index contributed by atoms with van der Waals surface area (Å²) in [6.45, 7) is 5.65. The minimum Gasteiger partial charge on any atom is -0.489 e. The van der Waals surface area contributed by atoms with Gasteiger partial charge in [-0.15, -0.1) is 0 Å². The Hall–Kier alpha value is -1.91. The Kier molecular flexibility index (Phi) is 4.83. The zero-order valence-electron chi connectivity index (χ0n) is 11.3. The Balaban J connectivity index is 2.87. The van der Waals surface area contributed by atoms with Crippen LogP contribution >= 0.6 is 0 Å². The highest BCUT2D eigenvalue weighted by Gasteiger charge is 2.13. The minimum atomic E-state index is -0.355. The summed E-state index contributed by atoms with van der Waals surface area (Å²) in [5.74, 6) is 0.531. The van der Waals surface area contributed by atoms with Crippen molar-refractivity contribution in [1.82, 2.24) is 5.32 Å². The molecule has 0 aliphatic heterocycles. The molecule has 0 saturated heterocycles. The predicted molar refractivity (Wildman–Crippen MR) is 73.8 cm³/mol. The summed E-state index contributed by atoms with van der Waals surface area (Å²) in [5.41, 5.74) is 7.22. The zero-order chi connectivity index (χ0) is 13.7. The number of rotatable bonds is 5. The Morgan fingerprint density at radius 1 is 1.33 bits per heavy atom. The number of nitrogen functional groups attached to an aromatic ring is 1. The van der Waals surface area contributed by atoms with Crippen LogP contribution in [0.4, 0.5) is 11.4 Å². The van der Waals surface area contributed by atoms with E-state index in [1.54, 1.807) is 14.0 Å². The minimum absolute atomic E-state index is 0.0545. The van der Waals surface area contributed by atoms with Gasteiger partial charge in [0.25, 0.3) is 0 Å². The van der Waals surface area contributed by atoms with E-state index in [-0.39, 0.29) is 18.1 Å². The van der Waals surface area contributed by atoms with E-state index in [9.17, 15) is 4.79 Å². The van der Waals surface area contributed by atoms with Crippen LogP contribution in [0.3, 0.4) is 0 Å². The summed E-state index contributed by atoms with van der Waals surface area (Å²) in [7, 11) is 1.60. The molecule has 5 heteroatoms. The molecule has 0 fully saturated rings. The molecular weight excluding hydrogens is 230 g/mol. The standard InChI is InChI=1S/C13H21N3O2/c1-8(2)18-11-7-5-6-10(12(11)14)16-9(3)13(17)15-4/h5-9,16H,14H2,1-4H3,(H,15,17). The molecule has 1 aromatic rings. The SMILES string of the molecule is CNC(=O)C(C)Nc1cccc(OC(C)C)c1N. The van der Waals surface area contributed by atoms with Gasteiger partial charge in [-0.05, 0) is 32.9 Å². The fourth-order valence-electron chi connectivity index (χ4n) is 1.54. The second kappa shape index (κ2) is 6.14. The van der Waals surface area contributed by atoms with Gasteiger partial charge < -0.3 is 21.1 Å². The van der Waals surface area contributed by atoms with Crippen LogP contribution in [-0.2, 0) is 4.79 Å². The van der Waals surface area contributed by atoms with Crippen molar-refractivity contribution in [3.63, 3.8) is 0 Å². The predicted octanol–water partition coefficient (Wildman–Crippen LogP) is 1.60. The lowest BCUT2D eigenvalue weighted by Crippen LogP contribution is -2.35. The summed E-state index contributed by atoms with van der Waals surface area (Å²) in [6.07, 6.45) is 0.0545. The maximum Gasteiger partial charge on any atom is 0.241 e. The van der Waals surface area contributed by atoms with Gasteiger partial charge in [-0.3, -0.25) is 4.79 Å². The van der Waals surface area contributed by atoms with Crippen LogP contribution in [0.2, 0.25) is 0 Å². The van der Waals surface area contributed by atoms with Crippen molar-refractivity contribution in [2.45, 2.75) is 32.9 Å². The van der Waals surface area contributed by atoms with Crippen molar-refractivity contribution in [1.29, 1.82) is 0 Å². The second-order valence-corrected chi connectivity index (χ2v) is 4.36. The normalized spacial score (nSPS) is 12.1. The molecule has 0 bridgehead atoms. The highest BCUT2D eigenvalue weighted by Crippen LogP contribution is 2.30. The van der Waals surface area contributed by atoms with E-state index in [1.165, 1.54) is 0 Å². The highest BCUT2D eigenvalue weighted by atomic mass is 16.5. The van der Waals surface area contributed by atoms with Crippen LogP contribution in [-0.4, -0.2) is 25.1 Å². The van der Waals surface area contributed by atoms with E-state index in [2.05, 4.69) is 10.6 Å². The van der Waals surface area contributed by atoms with Gasteiger partial charge in [-0.2, -0.15) is 0 Å². The van der Waals surface area contributed by atoms with Gasteiger partial charge in [0.15, 0.2) is 0 Å². The molecule has 1 aromatic carbocycles. The molecule has 1 atom stereocenters. The van der Waals surface area contributed by atoms with Crippen molar-refractivity contribution >= 4 is 17.3 Å². The first-order valence-corrected chi connectivity index (χ1v) is 5.99. The highest BCUT2D eigenvalue weighted by molar-refractivity contribution is 5.86. The van der Waals surface area contributed by atoms with Gasteiger partial charge in [-0.25, -0.2) is 0 Å². The lowest BCUT2D eigenvalue weighted by atomic mass is 10.2. The topological polar surface area (TPSA) is 76.4 Å². The fraction of sp³-hybridized carbons (Fsp3) is 0.462. The number of hydrogen-bond donors (Lipinski definition) is 3. The van der Waals surface area contributed by atoms with Gasteiger partial charge in [0.05, 0.1) is 17.5 Å². The first kappa shape index (κ1) is 14.2. The first-order valence-electron chi connectivity index (χ1n) is 5.99. The summed E-state index contributed by atoms with van der Waals surface area (Å²) in [4.78, 5) is 11.4. The molecular formula is C13H21N3O2. The first-order chi connectivity index (χ1) is 8.45. The van der Waals surface area contributed by atoms with Crippen molar-refractivity contribution in [2.75, 3.05) is 18.1 Å². The van der Waals surface area contributed by atoms with Crippen molar-refractivity contribution in [3.8, 4) is 5.75 Å². The van der Waals surface area contributed by atoms with Gasteiger partial charge in [0.2, 0.25) is 5.91 Å². The molecule has 0 aliphatic carbocycles. The molecule has 0 spiro atoms. The molecule has 1 rings (SSSR count). The van der Waals surface area contributed by atoms with E-state index in [0.717, 1.165) is 0 Å². The number of likely N-dealkylation sites (N-methyl/N-ethyl adjacent to an activating group) is 1. The molecule has 5 nitrogen and oxygen atoms in total. The van der Waals surface area contributed by atoms with Crippen molar-refractivity contribution < 1.29 is 9.53 Å². The lowest BCUT2D eigenvalue weighted by Gasteiger charge is -2.18. The molecule has 1 amide bonds. The molecule has 0 aliphatic rings. The van der Waals surface area contributed by atoms with Gasteiger partial charge in [0, 0.05) is 7.05 Å². The molecule has 0 radical (unpaired) electrons. The average Bonchev–Trinajstić information content (AvgIpc) is 2.32. The Bertz CT molecular complexity index is 419. The van der Waals surface area contributed by atoms with Gasteiger partial charge in [0.1, 0.15) is 11.8 Å². The van der Waals surface area contributed by atoms with Crippen molar-refractivity contribution in [3.05, 3.63) is 18.2 Å². The van der Waals surface area contributed by atoms with E-state index in [4.69, 9.17) is 10.5 Å². The van der Waals surface area contributed by atoms with Crippen LogP contribution in [0.15, 0.2) is 18.2 Å². The Morgan fingerprint density at radius 3 is 2.56 bits per heavy atom. The third-order valence-corrected chi connectivity index (χ3v) is 2.44. The number of nitrogens with two attached hydrogens (primary N) is 1. The van der Waals surface area contributed by atoms with Crippen molar-refractivity contribution in [2.24, 2.45) is 0 Å². The molecule has 0 saturated carbocycles. The quantitative estimate of drug-likeness (QED) is 0.695. The molecule has 4 N–H and O–H groups in total. The number of hydrogen-bond acceptors (Lipinski definition) is 4. The molecule has 0 heterocycles. The smallest absolute Gasteiger partial charge is 0.241 e. The number of anilines is 2. The summed E-state index contributed by atoms with van der Waals surface area (Å²) in [5, 5.41) is 5.64. The van der Waals surface area contributed by atoms with Gasteiger partial charge >= 0.3 is 0 Å². The van der Waals surface area contributed by atoms with E-state index in [1.807, 2.05) is 32.0 Å². The van der Waals surface area contributed by atoms with Crippen LogP contribution in [0.5, 0.6) is 5.75 Å². The Morgan fingerprint density at radius 2 is 2.00 bits per heavy atom. The number of carbonyl (C=O) groups is 1. The molecule has 100 valence electrons. The number of carbonyl (C=O) groups excluding carboxylic acids is 1. The van der Waals surface area contributed by atoms with E-state index < -0.39 is 0 Å². The average molecular weight is 251 g/mol. The maximum absolute atomic E-state index is 11.4. The van der Waals surface area contributed by atoms with Gasteiger partial charge in [-0.1, -0.05) is 6.07 Å². The van der Waals surface area contributed by atoms with E-state index >= 15 is 0 Å². The third kappa shape index (κ3) is 3.55. The third-order valence-electron chi connectivity index (χ3n) is 2.44. The van der Waals surface area contributed by atoms with Crippen LogP contribution in [0.25, 0.3) is 0 Å². The second-order valence-electron chi connectivity index (χ2n) is 4.36. The van der Waals surface area contributed by atoms with Crippen LogP contribution in [0, 0.1) is 0 Å². The fourth-order valence-corrected chi connectivity index (χ4v) is 1.54. The molecule has 0 aromatic heterocycles. The monoisotopic (exact) mass is 251 g/mol. The number of para-hydroxylation sites is 1. The summed E-state index contributed by atoms with van der Waals surface area (Å²) < 4.78 is 5.59. The number of ether oxygens (including phenoxy) is 1. The number of amides is 1. The Labute approximate surface area is 108 Å². The number of nitrogens with one attached hydrogen (secondary N) is 2. The lowest BCUT2D eigenvalue weighted by molar-refractivity contribution is -0.121.